The Morgan fingerprint density at radius 3 is 1.17 bits per heavy atom. The van der Waals surface area contributed by atoms with Gasteiger partial charge in [0.1, 0.15) is 0 Å². The fraction of sp³-hybridized carbons (Fsp3) is 1.00. The molecule has 0 aromatic heterocycles. The van der Waals surface area contributed by atoms with Gasteiger partial charge in [-0.2, -0.15) is 0 Å². The van der Waals surface area contributed by atoms with Gasteiger partial charge in [-0.05, 0) is 0 Å². The van der Waals surface area contributed by atoms with E-state index in [0.717, 1.165) is 0 Å². The predicted molar refractivity (Wildman–Crippen MR) is 114 cm³/mol. The average Bonchev–Trinajstić information content (AvgIpc) is 2.25. The van der Waals surface area contributed by atoms with Crippen LogP contribution in [-0.2, 0) is 48.8 Å². The fourth-order valence-corrected chi connectivity index (χ4v) is 30.9. The highest BCUT2D eigenvalue weighted by atomic mass is 31.2. The Balaban J connectivity index is 2.06. The molecule has 20 heteroatoms. The summed E-state index contributed by atoms with van der Waals surface area (Å²) >= 11 is -6.57. The fourth-order valence-electron chi connectivity index (χ4n) is 2.81. The van der Waals surface area contributed by atoms with E-state index in [9.17, 15) is 27.4 Å². The van der Waals surface area contributed by atoms with Crippen LogP contribution in [0.15, 0.2) is 0 Å². The highest BCUT2D eigenvalue weighted by Gasteiger charge is 2.54. The molecular formula is C9H24Al2O12P6. The van der Waals surface area contributed by atoms with Gasteiger partial charge in [-0.25, -0.2) is 0 Å². The lowest BCUT2D eigenvalue weighted by Crippen LogP contribution is -2.30. The molecule has 0 amide bonds. The Bertz CT molecular complexity index is 828. The summed E-state index contributed by atoms with van der Waals surface area (Å²) in [6.45, 7) is 7.50. The third kappa shape index (κ3) is 9.53. The highest BCUT2D eigenvalue weighted by Crippen LogP contribution is 2.68. The number of rotatable bonds is 6. The maximum Gasteiger partial charge on any atom is 0.921 e. The molecule has 0 spiro atoms. The molecule has 0 radical (unpaired) electrons. The van der Waals surface area contributed by atoms with E-state index in [0.29, 0.717) is 0 Å². The topological polar surface area (TPSA) is 158 Å². The van der Waals surface area contributed by atoms with E-state index in [1.54, 1.807) is 0 Å². The Labute approximate surface area is 180 Å². The minimum Gasteiger partial charge on any atom is -0.405 e. The molecule has 0 bridgehead atoms. The van der Waals surface area contributed by atoms with Gasteiger partial charge in [0.15, 0.2) is 44.2 Å². The molecular weight excluding hydrogens is 540 g/mol. The van der Waals surface area contributed by atoms with Crippen molar-refractivity contribution in [2.24, 2.45) is 0 Å². The van der Waals surface area contributed by atoms with Crippen LogP contribution < -0.4 is 0 Å². The zero-order valence-electron chi connectivity index (χ0n) is 16.9. The Morgan fingerprint density at radius 2 is 0.931 bits per heavy atom. The summed E-state index contributed by atoms with van der Waals surface area (Å²) in [6.07, 6.45) is 0. The van der Waals surface area contributed by atoms with Crippen LogP contribution in [0, 0.1) is 0 Å². The van der Waals surface area contributed by atoms with Crippen molar-refractivity contribution in [2.45, 2.75) is 0 Å². The zero-order valence-corrected chi connectivity index (χ0v) is 24.5. The molecule has 6 unspecified atom stereocenters. The first-order valence-corrected chi connectivity index (χ1v) is 24.6. The Hall–Kier alpha value is 2.20. The summed E-state index contributed by atoms with van der Waals surface area (Å²) < 4.78 is 106. The van der Waals surface area contributed by atoms with Crippen LogP contribution >= 0.6 is 44.2 Å². The summed E-state index contributed by atoms with van der Waals surface area (Å²) in [7, 11) is -20.3. The first kappa shape index (κ1) is 27.4. The molecule has 0 saturated carbocycles. The zero-order chi connectivity index (χ0) is 22.5. The molecule has 2 heterocycles. The van der Waals surface area contributed by atoms with E-state index in [4.69, 9.17) is 21.5 Å². The second kappa shape index (κ2) is 9.10. The van der Waals surface area contributed by atoms with Gasteiger partial charge in [-0.1, -0.05) is 0 Å². The number of hydrogen-bond donors (Lipinski definition) is 0. The maximum absolute atomic E-state index is 12.9. The van der Waals surface area contributed by atoms with Crippen LogP contribution in [0.3, 0.4) is 0 Å². The lowest BCUT2D eigenvalue weighted by molar-refractivity contribution is 0.300. The molecule has 2 saturated heterocycles. The molecule has 0 aromatic rings. The van der Waals surface area contributed by atoms with Gasteiger partial charge in [0.2, 0.25) is 0 Å². The molecule has 6 atom stereocenters. The number of hydrogen-bond acceptors (Lipinski definition) is 12. The first-order valence-electron chi connectivity index (χ1n) is 8.19. The summed E-state index contributed by atoms with van der Waals surface area (Å²) in [5, 5.41) is 0. The van der Waals surface area contributed by atoms with Crippen LogP contribution in [-0.4, -0.2) is 88.0 Å². The molecule has 0 aromatic carbocycles. The van der Waals surface area contributed by atoms with Crippen LogP contribution in [0.25, 0.3) is 0 Å². The van der Waals surface area contributed by atoms with Crippen molar-refractivity contribution in [3.05, 3.63) is 0 Å². The van der Waals surface area contributed by atoms with Crippen molar-refractivity contribution in [3.8, 4) is 0 Å². The first-order chi connectivity index (χ1) is 12.7. The van der Waals surface area contributed by atoms with Crippen LogP contribution in [0.5, 0.6) is 0 Å². The van der Waals surface area contributed by atoms with Crippen LogP contribution in [0.4, 0.5) is 0 Å². The smallest absolute Gasteiger partial charge is 0.405 e. The maximum atomic E-state index is 12.9. The standard InChI is InChI=1S/3C3H10O4P2.2Al/c3*1-8(4,5)3-9(2,6)7;;/h3*3H2,1-2H3,(H,4,5)(H,6,7);;/q;;;2*+3/p-6. The van der Waals surface area contributed by atoms with Gasteiger partial charge in [-0.3, -0.25) is 27.4 Å². The van der Waals surface area contributed by atoms with Crippen molar-refractivity contribution in [3.63, 3.8) is 0 Å². The van der Waals surface area contributed by atoms with Crippen molar-refractivity contribution in [2.75, 3.05) is 57.7 Å². The van der Waals surface area contributed by atoms with E-state index in [2.05, 4.69) is 0 Å². The minimum atomic E-state index is -3.67. The third-order valence-electron chi connectivity index (χ3n) is 3.40. The molecule has 2 rings (SSSR count). The molecule has 29 heavy (non-hydrogen) atoms. The molecule has 168 valence electrons. The molecule has 0 aliphatic carbocycles. The lowest BCUT2D eigenvalue weighted by Gasteiger charge is -2.32. The highest BCUT2D eigenvalue weighted by molar-refractivity contribution is 7.79. The summed E-state index contributed by atoms with van der Waals surface area (Å²) in [4.78, 5) is 0. The van der Waals surface area contributed by atoms with Crippen LogP contribution in [0.1, 0.15) is 0 Å². The van der Waals surface area contributed by atoms with Gasteiger partial charge in [-0.15, -0.1) is 0 Å². The van der Waals surface area contributed by atoms with Gasteiger partial charge in [0.25, 0.3) is 0 Å². The Morgan fingerprint density at radius 1 is 0.690 bits per heavy atom. The molecule has 12 nitrogen and oxygen atoms in total. The third-order valence-corrected chi connectivity index (χ3v) is 30.6. The summed E-state index contributed by atoms with van der Waals surface area (Å²) in [5.41, 5.74) is 0. The minimum absolute atomic E-state index is 0.244. The largest absolute Gasteiger partial charge is 0.921 e. The molecule has 0 N–H and O–H groups in total. The van der Waals surface area contributed by atoms with Crippen LogP contribution in [0.2, 0.25) is 0 Å². The van der Waals surface area contributed by atoms with Crippen molar-refractivity contribution < 1.29 is 48.8 Å². The summed E-state index contributed by atoms with van der Waals surface area (Å²) in [6, 6.07) is 0. The van der Waals surface area contributed by atoms with Crippen molar-refractivity contribution in [1.82, 2.24) is 0 Å². The van der Waals surface area contributed by atoms with E-state index in [1.807, 2.05) is 0 Å². The van der Waals surface area contributed by atoms with E-state index < -0.39 is 80.4 Å². The van der Waals surface area contributed by atoms with Crippen molar-refractivity contribution >= 4 is 74.5 Å². The molecule has 2 aliphatic heterocycles. The van der Waals surface area contributed by atoms with Gasteiger partial charge in [0.05, 0.1) is 17.7 Å². The Kier molecular flexibility index (Phi) is 8.61. The van der Waals surface area contributed by atoms with E-state index >= 15 is 0 Å². The normalized spacial score (nSPS) is 42.8. The molecule has 2 fully saturated rings. The monoisotopic (exact) mass is 564 g/mol. The SMILES string of the molecule is CP1(=O)CP(C)(=O)[O][Al]([O]P(C)(=O)CP(C)(=O)[O][Al]2[O]P(C)(=O)CP(C)(=O)[O]2)[O]1. The van der Waals surface area contributed by atoms with Gasteiger partial charge >= 0.3 is 30.3 Å². The quantitative estimate of drug-likeness (QED) is 0.331. The second-order valence-electron chi connectivity index (χ2n) is 7.72. The van der Waals surface area contributed by atoms with E-state index in [-0.39, 0.29) is 11.8 Å². The van der Waals surface area contributed by atoms with Crippen molar-refractivity contribution in [1.29, 1.82) is 0 Å². The second-order valence-corrected chi connectivity index (χ2v) is 29.5. The van der Waals surface area contributed by atoms with Gasteiger partial charge < -0.3 is 21.5 Å². The molecule has 2 aliphatic rings. The average molecular weight is 564 g/mol. The summed E-state index contributed by atoms with van der Waals surface area (Å²) in [5.74, 6) is -1.06. The van der Waals surface area contributed by atoms with Gasteiger partial charge in [0, 0.05) is 40.0 Å². The van der Waals surface area contributed by atoms with E-state index in [1.165, 1.54) is 40.0 Å². The lowest BCUT2D eigenvalue weighted by atomic mass is 11.9. The predicted octanol–water partition coefficient (Wildman–Crippen LogP) is 4.40.